The summed E-state index contributed by atoms with van der Waals surface area (Å²) < 4.78 is 5.18. The van der Waals surface area contributed by atoms with E-state index in [-0.39, 0.29) is 11.9 Å². The van der Waals surface area contributed by atoms with Crippen molar-refractivity contribution in [2.45, 2.75) is 32.9 Å². The first-order chi connectivity index (χ1) is 7.58. The Balaban J connectivity index is 2.14. The second kappa shape index (κ2) is 4.29. The Morgan fingerprint density at radius 2 is 2.31 bits per heavy atom. The molecule has 1 fully saturated rings. The van der Waals surface area contributed by atoms with Gasteiger partial charge in [-0.2, -0.15) is 0 Å². The fourth-order valence-corrected chi connectivity index (χ4v) is 2.03. The van der Waals surface area contributed by atoms with E-state index in [2.05, 4.69) is 19.2 Å². The molecular weight excluding hydrogens is 204 g/mol. The topological polar surface area (TPSA) is 45.5 Å². The zero-order valence-corrected chi connectivity index (χ0v) is 9.99. The van der Waals surface area contributed by atoms with Gasteiger partial charge in [0.2, 0.25) is 0 Å². The van der Waals surface area contributed by atoms with E-state index in [0.29, 0.717) is 11.6 Å². The lowest BCUT2D eigenvalue weighted by Gasteiger charge is -2.37. The van der Waals surface area contributed by atoms with E-state index < -0.39 is 0 Å². The Kier molecular flexibility index (Phi) is 3.01. The summed E-state index contributed by atoms with van der Waals surface area (Å²) in [5.41, 5.74) is 0.651. The molecule has 1 aromatic heterocycles. The quantitative estimate of drug-likeness (QED) is 0.781. The van der Waals surface area contributed by atoms with Crippen LogP contribution < -0.4 is 5.32 Å². The van der Waals surface area contributed by atoms with Gasteiger partial charge in [0, 0.05) is 25.2 Å². The summed E-state index contributed by atoms with van der Waals surface area (Å²) in [5.74, 6) is 0.844. The lowest BCUT2D eigenvalue weighted by Crippen LogP contribution is -2.56. The summed E-state index contributed by atoms with van der Waals surface area (Å²) in [7, 11) is 0. The minimum atomic E-state index is 0.0673. The van der Waals surface area contributed by atoms with Gasteiger partial charge in [0.05, 0.1) is 5.56 Å². The molecule has 0 aliphatic carbocycles. The molecule has 1 N–H and O–H groups in total. The maximum Gasteiger partial charge on any atom is 0.257 e. The number of piperazine rings is 1. The molecule has 1 saturated heterocycles. The Labute approximate surface area is 95.6 Å². The fraction of sp³-hybridized carbons (Fsp3) is 0.583. The highest BCUT2D eigenvalue weighted by molar-refractivity contribution is 5.94. The van der Waals surface area contributed by atoms with Gasteiger partial charge in [0.15, 0.2) is 0 Å². The molecule has 4 nitrogen and oxygen atoms in total. The molecule has 1 aliphatic heterocycles. The van der Waals surface area contributed by atoms with Crippen LogP contribution in [0, 0.1) is 6.92 Å². The number of hydrogen-bond acceptors (Lipinski definition) is 3. The maximum atomic E-state index is 12.2. The molecule has 0 aromatic carbocycles. The van der Waals surface area contributed by atoms with E-state index in [1.165, 1.54) is 6.26 Å². The molecule has 1 amide bonds. The van der Waals surface area contributed by atoms with Crippen molar-refractivity contribution in [3.8, 4) is 0 Å². The zero-order chi connectivity index (χ0) is 11.7. The normalized spacial score (nSPS) is 25.8. The highest BCUT2D eigenvalue weighted by Crippen LogP contribution is 2.14. The van der Waals surface area contributed by atoms with Crippen molar-refractivity contribution in [3.63, 3.8) is 0 Å². The Bertz CT molecular complexity index is 386. The molecule has 2 unspecified atom stereocenters. The molecule has 4 heteroatoms. The van der Waals surface area contributed by atoms with Gasteiger partial charge in [-0.05, 0) is 26.8 Å². The minimum Gasteiger partial charge on any atom is -0.469 e. The van der Waals surface area contributed by atoms with E-state index in [9.17, 15) is 4.79 Å². The second-order valence-electron chi connectivity index (χ2n) is 4.56. The third-order valence-electron chi connectivity index (χ3n) is 3.00. The van der Waals surface area contributed by atoms with Gasteiger partial charge < -0.3 is 14.6 Å². The molecule has 2 rings (SSSR count). The SMILES string of the molecule is Cc1cc(C(=O)N2CC(C)NCC2C)co1. The lowest BCUT2D eigenvalue weighted by atomic mass is 10.1. The Hall–Kier alpha value is -1.29. The third kappa shape index (κ3) is 2.11. The summed E-state index contributed by atoms with van der Waals surface area (Å²) in [4.78, 5) is 14.1. The van der Waals surface area contributed by atoms with Crippen LogP contribution in [0.5, 0.6) is 0 Å². The van der Waals surface area contributed by atoms with Crippen LogP contribution in [0.15, 0.2) is 16.7 Å². The molecular formula is C12H18N2O2. The first-order valence-electron chi connectivity index (χ1n) is 5.67. The highest BCUT2D eigenvalue weighted by atomic mass is 16.3. The molecule has 1 aliphatic rings. The van der Waals surface area contributed by atoms with Crippen LogP contribution in [0.2, 0.25) is 0 Å². The van der Waals surface area contributed by atoms with Gasteiger partial charge >= 0.3 is 0 Å². The Morgan fingerprint density at radius 3 is 2.94 bits per heavy atom. The number of hydrogen-bond donors (Lipinski definition) is 1. The molecule has 0 spiro atoms. The van der Waals surface area contributed by atoms with Gasteiger partial charge in [0.1, 0.15) is 12.0 Å². The molecule has 88 valence electrons. The van der Waals surface area contributed by atoms with Gasteiger partial charge in [-0.25, -0.2) is 0 Å². The number of nitrogens with one attached hydrogen (secondary N) is 1. The van der Waals surface area contributed by atoms with Crippen LogP contribution in [-0.4, -0.2) is 36.0 Å². The van der Waals surface area contributed by atoms with Gasteiger partial charge in [-0.3, -0.25) is 4.79 Å². The largest absolute Gasteiger partial charge is 0.469 e. The number of amides is 1. The number of aryl methyl sites for hydroxylation is 1. The second-order valence-corrected chi connectivity index (χ2v) is 4.56. The first kappa shape index (κ1) is 11.2. The van der Waals surface area contributed by atoms with Crippen molar-refractivity contribution in [3.05, 3.63) is 23.7 Å². The fourth-order valence-electron chi connectivity index (χ4n) is 2.03. The maximum absolute atomic E-state index is 12.2. The van der Waals surface area contributed by atoms with E-state index in [1.807, 2.05) is 11.8 Å². The molecule has 16 heavy (non-hydrogen) atoms. The highest BCUT2D eigenvalue weighted by Gasteiger charge is 2.27. The zero-order valence-electron chi connectivity index (χ0n) is 9.99. The van der Waals surface area contributed by atoms with Crippen LogP contribution in [0.4, 0.5) is 0 Å². The van der Waals surface area contributed by atoms with Crippen molar-refractivity contribution < 1.29 is 9.21 Å². The van der Waals surface area contributed by atoms with Crippen molar-refractivity contribution in [1.29, 1.82) is 0 Å². The van der Waals surface area contributed by atoms with Crippen LogP contribution >= 0.6 is 0 Å². The van der Waals surface area contributed by atoms with Crippen LogP contribution in [0.1, 0.15) is 30.0 Å². The number of nitrogens with zero attached hydrogens (tertiary/aromatic N) is 1. The monoisotopic (exact) mass is 222 g/mol. The number of carbonyl (C=O) groups is 1. The van der Waals surface area contributed by atoms with Crippen molar-refractivity contribution in [2.75, 3.05) is 13.1 Å². The van der Waals surface area contributed by atoms with Gasteiger partial charge in [-0.15, -0.1) is 0 Å². The van der Waals surface area contributed by atoms with E-state index in [1.54, 1.807) is 6.07 Å². The van der Waals surface area contributed by atoms with Crippen molar-refractivity contribution >= 4 is 5.91 Å². The van der Waals surface area contributed by atoms with Crippen molar-refractivity contribution in [2.24, 2.45) is 0 Å². The number of rotatable bonds is 1. The van der Waals surface area contributed by atoms with E-state index in [0.717, 1.165) is 18.8 Å². The Morgan fingerprint density at radius 1 is 1.56 bits per heavy atom. The standard InChI is InChI=1S/C12H18N2O2/c1-8-6-14(9(2)5-13-8)12(15)11-4-10(3)16-7-11/h4,7-9,13H,5-6H2,1-3H3. The average Bonchev–Trinajstić information content (AvgIpc) is 2.67. The molecule has 2 atom stereocenters. The molecule has 2 heterocycles. The number of carbonyl (C=O) groups excluding carboxylic acids is 1. The lowest BCUT2D eigenvalue weighted by molar-refractivity contribution is 0.0615. The smallest absolute Gasteiger partial charge is 0.257 e. The summed E-state index contributed by atoms with van der Waals surface area (Å²) in [6.45, 7) is 7.60. The minimum absolute atomic E-state index is 0.0673. The summed E-state index contributed by atoms with van der Waals surface area (Å²) >= 11 is 0. The molecule has 0 radical (unpaired) electrons. The molecule has 0 saturated carbocycles. The van der Waals surface area contributed by atoms with Crippen LogP contribution in [0.25, 0.3) is 0 Å². The predicted molar refractivity (Wildman–Crippen MR) is 61.4 cm³/mol. The predicted octanol–water partition coefficient (Wildman–Crippen LogP) is 1.41. The molecule has 1 aromatic rings. The van der Waals surface area contributed by atoms with E-state index in [4.69, 9.17) is 4.42 Å². The van der Waals surface area contributed by atoms with Crippen LogP contribution in [0.3, 0.4) is 0 Å². The van der Waals surface area contributed by atoms with E-state index >= 15 is 0 Å². The van der Waals surface area contributed by atoms with Gasteiger partial charge in [0.25, 0.3) is 5.91 Å². The average molecular weight is 222 g/mol. The van der Waals surface area contributed by atoms with Crippen molar-refractivity contribution in [1.82, 2.24) is 10.2 Å². The van der Waals surface area contributed by atoms with Gasteiger partial charge in [-0.1, -0.05) is 0 Å². The van der Waals surface area contributed by atoms with Crippen LogP contribution in [-0.2, 0) is 0 Å². The first-order valence-corrected chi connectivity index (χ1v) is 5.67. The molecule has 0 bridgehead atoms. The summed E-state index contributed by atoms with van der Waals surface area (Å²) in [5, 5.41) is 3.36. The summed E-state index contributed by atoms with van der Waals surface area (Å²) in [6, 6.07) is 2.38. The summed E-state index contributed by atoms with van der Waals surface area (Å²) in [6.07, 6.45) is 1.54. The number of furan rings is 1. The third-order valence-corrected chi connectivity index (χ3v) is 3.00.